The maximum Gasteiger partial charge on any atom is 0.309 e. The van der Waals surface area contributed by atoms with Crippen molar-refractivity contribution in [2.45, 2.75) is 6.04 Å². The number of carbonyl (C=O) groups is 2. The Morgan fingerprint density at radius 2 is 1.65 bits per heavy atom. The van der Waals surface area contributed by atoms with Crippen molar-refractivity contribution in [2.75, 3.05) is 86.3 Å². The molecule has 0 spiro atoms. The van der Waals surface area contributed by atoms with Gasteiger partial charge in [0.1, 0.15) is 5.75 Å². The lowest BCUT2D eigenvalue weighted by Crippen LogP contribution is -2.50. The van der Waals surface area contributed by atoms with Crippen LogP contribution in [0.4, 0.5) is 0 Å². The van der Waals surface area contributed by atoms with E-state index in [4.69, 9.17) is 9.47 Å². The molecule has 2 heterocycles. The maximum absolute atomic E-state index is 12.4. The summed E-state index contributed by atoms with van der Waals surface area (Å²) in [5, 5.41) is 5.56. The van der Waals surface area contributed by atoms with Crippen molar-refractivity contribution in [3.8, 4) is 5.75 Å². The van der Waals surface area contributed by atoms with E-state index in [9.17, 15) is 9.59 Å². The highest BCUT2D eigenvalue weighted by Crippen LogP contribution is 2.23. The fraction of sp³-hybridized carbons (Fsp3) is 0.636. The van der Waals surface area contributed by atoms with E-state index in [1.807, 2.05) is 24.3 Å². The molecule has 9 nitrogen and oxygen atoms in total. The predicted molar refractivity (Wildman–Crippen MR) is 118 cm³/mol. The molecular weight excluding hydrogens is 398 g/mol. The first-order chi connectivity index (χ1) is 15.1. The molecule has 2 aliphatic rings. The number of benzene rings is 1. The molecule has 1 aromatic carbocycles. The molecule has 1 unspecified atom stereocenters. The van der Waals surface area contributed by atoms with E-state index < -0.39 is 11.8 Å². The fourth-order valence-corrected chi connectivity index (χ4v) is 3.92. The van der Waals surface area contributed by atoms with Gasteiger partial charge in [-0.2, -0.15) is 0 Å². The second-order valence-electron chi connectivity index (χ2n) is 8.05. The summed E-state index contributed by atoms with van der Waals surface area (Å²) >= 11 is 0. The van der Waals surface area contributed by atoms with Crippen LogP contribution in [0.3, 0.4) is 0 Å². The minimum absolute atomic E-state index is 0.00436. The average molecular weight is 434 g/mol. The summed E-state index contributed by atoms with van der Waals surface area (Å²) in [6, 6.07) is 7.91. The highest BCUT2D eigenvalue weighted by Gasteiger charge is 2.25. The van der Waals surface area contributed by atoms with E-state index >= 15 is 0 Å². The van der Waals surface area contributed by atoms with Gasteiger partial charge in [0.2, 0.25) is 0 Å². The van der Waals surface area contributed by atoms with Gasteiger partial charge >= 0.3 is 11.8 Å². The van der Waals surface area contributed by atoms with Crippen molar-refractivity contribution in [1.29, 1.82) is 0 Å². The Morgan fingerprint density at radius 1 is 1.00 bits per heavy atom. The predicted octanol–water partition coefficient (Wildman–Crippen LogP) is -0.452. The van der Waals surface area contributed by atoms with Crippen LogP contribution in [0.15, 0.2) is 24.3 Å². The van der Waals surface area contributed by atoms with Gasteiger partial charge in [0.15, 0.2) is 0 Å². The third-order valence-corrected chi connectivity index (χ3v) is 5.96. The summed E-state index contributed by atoms with van der Waals surface area (Å²) in [6.45, 7) is 8.47. The van der Waals surface area contributed by atoms with Crippen LogP contribution in [0.5, 0.6) is 5.75 Å². The number of carbonyl (C=O) groups excluding carboxylic acids is 2. The molecule has 2 amide bonds. The zero-order valence-electron chi connectivity index (χ0n) is 18.6. The zero-order valence-corrected chi connectivity index (χ0v) is 18.6. The van der Waals surface area contributed by atoms with E-state index in [1.54, 1.807) is 7.11 Å². The van der Waals surface area contributed by atoms with Gasteiger partial charge in [-0.05, 0) is 24.7 Å². The molecule has 0 saturated carbocycles. The van der Waals surface area contributed by atoms with Crippen LogP contribution in [0.1, 0.15) is 11.6 Å². The number of hydrogen-bond acceptors (Lipinski definition) is 7. The Hall–Kier alpha value is -2.20. The van der Waals surface area contributed by atoms with Gasteiger partial charge in [0.25, 0.3) is 0 Å². The molecular formula is C22H35N5O4. The van der Waals surface area contributed by atoms with Crippen molar-refractivity contribution in [1.82, 2.24) is 25.3 Å². The van der Waals surface area contributed by atoms with Crippen LogP contribution >= 0.6 is 0 Å². The number of likely N-dealkylation sites (N-methyl/N-ethyl adjacent to an activating group) is 1. The van der Waals surface area contributed by atoms with Gasteiger partial charge in [-0.15, -0.1) is 0 Å². The second-order valence-corrected chi connectivity index (χ2v) is 8.05. The van der Waals surface area contributed by atoms with Crippen molar-refractivity contribution in [3.63, 3.8) is 0 Å². The SMILES string of the molecule is COc1ccc(C(CNC(=O)C(=O)NCCN2CCOCC2)N2CCN(C)CC2)cc1. The first-order valence-corrected chi connectivity index (χ1v) is 11.0. The topological polar surface area (TPSA) is 86.4 Å². The summed E-state index contributed by atoms with van der Waals surface area (Å²) < 4.78 is 10.6. The highest BCUT2D eigenvalue weighted by atomic mass is 16.5. The lowest BCUT2D eigenvalue weighted by atomic mass is 10.0. The number of morpholine rings is 1. The molecule has 0 bridgehead atoms. The molecule has 172 valence electrons. The van der Waals surface area contributed by atoms with Gasteiger partial charge in [-0.1, -0.05) is 12.1 Å². The molecule has 3 rings (SSSR count). The molecule has 1 aromatic rings. The van der Waals surface area contributed by atoms with Gasteiger partial charge in [-0.25, -0.2) is 0 Å². The van der Waals surface area contributed by atoms with Crippen molar-refractivity contribution >= 4 is 11.8 Å². The molecule has 2 N–H and O–H groups in total. The lowest BCUT2D eigenvalue weighted by molar-refractivity contribution is -0.139. The second kappa shape index (κ2) is 12.0. The summed E-state index contributed by atoms with van der Waals surface area (Å²) in [6.07, 6.45) is 0. The van der Waals surface area contributed by atoms with Gasteiger partial charge in [0.05, 0.1) is 26.4 Å². The number of methoxy groups -OCH3 is 1. The smallest absolute Gasteiger partial charge is 0.309 e. The Bertz CT molecular complexity index is 700. The first kappa shape index (κ1) is 23.5. The minimum Gasteiger partial charge on any atom is -0.497 e. The quantitative estimate of drug-likeness (QED) is 0.537. The minimum atomic E-state index is -0.588. The Kier molecular flexibility index (Phi) is 9.08. The summed E-state index contributed by atoms with van der Waals surface area (Å²) in [7, 11) is 3.76. The third-order valence-electron chi connectivity index (χ3n) is 5.96. The largest absolute Gasteiger partial charge is 0.497 e. The first-order valence-electron chi connectivity index (χ1n) is 11.0. The zero-order chi connectivity index (χ0) is 22.1. The number of amides is 2. The van der Waals surface area contributed by atoms with E-state index in [2.05, 4.69) is 32.4 Å². The van der Waals surface area contributed by atoms with Gasteiger partial charge < -0.3 is 25.0 Å². The number of nitrogens with one attached hydrogen (secondary N) is 2. The lowest BCUT2D eigenvalue weighted by Gasteiger charge is -2.38. The summed E-state index contributed by atoms with van der Waals surface area (Å²) in [4.78, 5) is 31.5. The fourth-order valence-electron chi connectivity index (χ4n) is 3.92. The van der Waals surface area contributed by atoms with Crippen LogP contribution in [-0.4, -0.2) is 113 Å². The molecule has 0 aliphatic carbocycles. The van der Waals surface area contributed by atoms with E-state index in [0.29, 0.717) is 26.3 Å². The summed E-state index contributed by atoms with van der Waals surface area (Å²) in [5.41, 5.74) is 1.10. The normalized spacial score (nSPS) is 19.5. The van der Waals surface area contributed by atoms with Crippen LogP contribution in [-0.2, 0) is 14.3 Å². The van der Waals surface area contributed by atoms with Gasteiger partial charge in [-0.3, -0.25) is 19.4 Å². The Balaban J connectivity index is 1.51. The van der Waals surface area contributed by atoms with Crippen molar-refractivity contribution < 1.29 is 19.1 Å². The molecule has 0 radical (unpaired) electrons. The highest BCUT2D eigenvalue weighted by molar-refractivity contribution is 6.35. The van der Waals surface area contributed by atoms with E-state index in [1.165, 1.54) is 0 Å². The van der Waals surface area contributed by atoms with Crippen LogP contribution < -0.4 is 15.4 Å². The molecule has 2 fully saturated rings. The van der Waals surface area contributed by atoms with Crippen LogP contribution in [0, 0.1) is 0 Å². The molecule has 1 atom stereocenters. The number of hydrogen-bond donors (Lipinski definition) is 2. The molecule has 2 saturated heterocycles. The van der Waals surface area contributed by atoms with Crippen LogP contribution in [0.25, 0.3) is 0 Å². The molecule has 9 heteroatoms. The molecule has 0 aromatic heterocycles. The molecule has 2 aliphatic heterocycles. The van der Waals surface area contributed by atoms with E-state index in [0.717, 1.165) is 57.1 Å². The monoisotopic (exact) mass is 433 g/mol. The Morgan fingerprint density at radius 3 is 2.29 bits per heavy atom. The number of rotatable bonds is 8. The summed E-state index contributed by atoms with van der Waals surface area (Å²) in [5.74, 6) is -0.376. The number of nitrogens with zero attached hydrogens (tertiary/aromatic N) is 3. The van der Waals surface area contributed by atoms with Crippen LogP contribution in [0.2, 0.25) is 0 Å². The van der Waals surface area contributed by atoms with Crippen molar-refractivity contribution in [3.05, 3.63) is 29.8 Å². The average Bonchev–Trinajstić information content (AvgIpc) is 2.81. The van der Waals surface area contributed by atoms with E-state index in [-0.39, 0.29) is 6.04 Å². The maximum atomic E-state index is 12.4. The third kappa shape index (κ3) is 7.17. The number of piperazine rings is 1. The standard InChI is InChI=1S/C22H35N5O4/c1-25-9-11-27(12-10-25)20(18-3-5-19(30-2)6-4-18)17-24-22(29)21(28)23-7-8-26-13-15-31-16-14-26/h3-6,20H,7-17H2,1-2H3,(H,23,28)(H,24,29). The molecule has 31 heavy (non-hydrogen) atoms. The van der Waals surface area contributed by atoms with Gasteiger partial charge in [0, 0.05) is 58.9 Å². The Labute approximate surface area is 184 Å². The number of ether oxygens (including phenoxy) is 2. The van der Waals surface area contributed by atoms with Crippen molar-refractivity contribution in [2.24, 2.45) is 0 Å².